The van der Waals surface area contributed by atoms with Crippen LogP contribution in [0.5, 0.6) is 0 Å². The van der Waals surface area contributed by atoms with Crippen molar-refractivity contribution in [1.82, 2.24) is 5.32 Å². The molecule has 1 atom stereocenters. The largest absolute Gasteiger partial charge is 0.336 e. The molecule has 0 saturated carbocycles. The zero-order valence-electron chi connectivity index (χ0n) is 15.9. The molecule has 4 amide bonds. The quantitative estimate of drug-likeness (QED) is 0.834. The highest BCUT2D eigenvalue weighted by Gasteiger charge is 2.36. The van der Waals surface area contributed by atoms with Crippen molar-refractivity contribution in [2.24, 2.45) is 5.92 Å². The Hall–Kier alpha value is -3.42. The molecule has 0 aliphatic carbocycles. The molecule has 8 heteroatoms. The fraction of sp³-hybridized carbons (Fsp3) is 0.286. The van der Waals surface area contributed by atoms with Gasteiger partial charge in [0.2, 0.25) is 11.8 Å². The Kier molecular flexibility index (Phi) is 4.92. The first-order valence-corrected chi connectivity index (χ1v) is 9.45. The van der Waals surface area contributed by atoms with Gasteiger partial charge in [-0.1, -0.05) is 6.07 Å². The predicted octanol–water partition coefficient (Wildman–Crippen LogP) is 2.66. The lowest BCUT2D eigenvalue weighted by Crippen LogP contribution is -2.29. The van der Waals surface area contributed by atoms with Crippen LogP contribution >= 0.6 is 0 Å². The summed E-state index contributed by atoms with van der Waals surface area (Å²) in [5.74, 6) is -1.60. The molecule has 0 aromatic heterocycles. The van der Waals surface area contributed by atoms with Crippen LogP contribution in [0.1, 0.15) is 12.0 Å². The van der Waals surface area contributed by atoms with Crippen LogP contribution in [-0.4, -0.2) is 37.5 Å². The second-order valence-electron chi connectivity index (χ2n) is 7.28. The minimum atomic E-state index is -0.563. The zero-order valence-corrected chi connectivity index (χ0v) is 15.9. The van der Waals surface area contributed by atoms with Crippen molar-refractivity contribution >= 4 is 34.9 Å². The Balaban J connectivity index is 1.41. The van der Waals surface area contributed by atoms with Crippen molar-refractivity contribution in [3.05, 3.63) is 53.8 Å². The number of amides is 4. The lowest BCUT2D eigenvalue weighted by atomic mass is 10.1. The third kappa shape index (κ3) is 3.78. The normalized spacial score (nSPS) is 18.9. The molecule has 0 spiro atoms. The lowest BCUT2D eigenvalue weighted by Gasteiger charge is -2.18. The number of aryl methyl sites for hydroxylation is 1. The van der Waals surface area contributed by atoms with Gasteiger partial charge in [-0.15, -0.1) is 0 Å². The second-order valence-corrected chi connectivity index (χ2v) is 7.28. The van der Waals surface area contributed by atoms with Crippen LogP contribution in [-0.2, 0) is 9.59 Å². The highest BCUT2D eigenvalue weighted by atomic mass is 19.1. The number of nitrogens with zero attached hydrogens (tertiary/aromatic N) is 2. The van der Waals surface area contributed by atoms with Gasteiger partial charge in [0.15, 0.2) is 0 Å². The summed E-state index contributed by atoms with van der Waals surface area (Å²) in [6, 6.07) is 11.5. The van der Waals surface area contributed by atoms with E-state index < -0.39 is 11.7 Å². The highest BCUT2D eigenvalue weighted by molar-refractivity contribution is 6.03. The van der Waals surface area contributed by atoms with E-state index in [1.54, 1.807) is 48.2 Å². The van der Waals surface area contributed by atoms with Gasteiger partial charge in [0.1, 0.15) is 5.82 Å². The summed E-state index contributed by atoms with van der Waals surface area (Å²) >= 11 is 0. The summed E-state index contributed by atoms with van der Waals surface area (Å²) in [5, 5.41) is 5.53. The number of carbonyl (C=O) groups excluding carboxylic acids is 3. The summed E-state index contributed by atoms with van der Waals surface area (Å²) in [4.78, 5) is 39.6. The van der Waals surface area contributed by atoms with Gasteiger partial charge in [-0.25, -0.2) is 9.18 Å². The van der Waals surface area contributed by atoms with Gasteiger partial charge in [-0.2, -0.15) is 0 Å². The summed E-state index contributed by atoms with van der Waals surface area (Å²) in [5.41, 5.74) is 2.28. The third-order valence-corrected chi connectivity index (χ3v) is 5.19. The molecular formula is C21H21FN4O3. The van der Waals surface area contributed by atoms with Crippen molar-refractivity contribution in [2.45, 2.75) is 13.3 Å². The number of hydrogen-bond donors (Lipinski definition) is 2. The van der Waals surface area contributed by atoms with E-state index in [2.05, 4.69) is 10.6 Å². The Morgan fingerprint density at radius 1 is 1.14 bits per heavy atom. The number of nitrogens with one attached hydrogen (secondary N) is 2. The van der Waals surface area contributed by atoms with Crippen LogP contribution in [0.25, 0.3) is 0 Å². The van der Waals surface area contributed by atoms with E-state index in [1.165, 1.54) is 11.0 Å². The number of halogens is 1. The molecule has 2 aliphatic heterocycles. The first-order chi connectivity index (χ1) is 13.9. The van der Waals surface area contributed by atoms with Crippen molar-refractivity contribution in [3.63, 3.8) is 0 Å². The fourth-order valence-electron chi connectivity index (χ4n) is 3.63. The van der Waals surface area contributed by atoms with E-state index in [4.69, 9.17) is 0 Å². The molecule has 2 fully saturated rings. The molecule has 150 valence electrons. The molecule has 29 heavy (non-hydrogen) atoms. The molecule has 4 rings (SSSR count). The smallest absolute Gasteiger partial charge is 0.321 e. The van der Waals surface area contributed by atoms with Gasteiger partial charge < -0.3 is 15.5 Å². The average Bonchev–Trinajstić information content (AvgIpc) is 3.28. The SMILES string of the molecule is Cc1ccc(N2CC(C(=O)Nc3ccc(N4CCNC4=O)cc3)CC2=O)c(F)c1. The minimum Gasteiger partial charge on any atom is -0.336 e. The monoisotopic (exact) mass is 396 g/mol. The highest BCUT2D eigenvalue weighted by Crippen LogP contribution is 2.29. The molecule has 7 nitrogen and oxygen atoms in total. The maximum Gasteiger partial charge on any atom is 0.321 e. The molecular weight excluding hydrogens is 375 g/mol. The first kappa shape index (κ1) is 18.9. The number of carbonyl (C=O) groups is 3. The summed E-state index contributed by atoms with van der Waals surface area (Å²) in [6.45, 7) is 3.11. The molecule has 2 aliphatic rings. The van der Waals surface area contributed by atoms with Crippen LogP contribution in [0, 0.1) is 18.7 Å². The number of anilines is 3. The van der Waals surface area contributed by atoms with E-state index in [-0.39, 0.29) is 36.5 Å². The Morgan fingerprint density at radius 3 is 2.55 bits per heavy atom. The van der Waals surface area contributed by atoms with Crippen LogP contribution in [0.4, 0.5) is 26.2 Å². The summed E-state index contributed by atoms with van der Waals surface area (Å²) in [7, 11) is 0. The fourth-order valence-corrected chi connectivity index (χ4v) is 3.63. The topological polar surface area (TPSA) is 81.8 Å². The van der Waals surface area contributed by atoms with Gasteiger partial charge in [-0.3, -0.25) is 14.5 Å². The van der Waals surface area contributed by atoms with Gasteiger partial charge in [0.05, 0.1) is 11.6 Å². The molecule has 2 heterocycles. The van der Waals surface area contributed by atoms with Crippen LogP contribution in [0.2, 0.25) is 0 Å². The number of rotatable bonds is 4. The Morgan fingerprint density at radius 2 is 1.90 bits per heavy atom. The molecule has 2 aromatic carbocycles. The van der Waals surface area contributed by atoms with Crippen molar-refractivity contribution in [1.29, 1.82) is 0 Å². The molecule has 0 radical (unpaired) electrons. The zero-order chi connectivity index (χ0) is 20.5. The Labute approximate surface area is 167 Å². The van der Waals surface area contributed by atoms with E-state index in [0.29, 0.717) is 18.8 Å². The van der Waals surface area contributed by atoms with Gasteiger partial charge in [-0.05, 0) is 48.9 Å². The van der Waals surface area contributed by atoms with Gasteiger partial charge in [0.25, 0.3) is 0 Å². The standard InChI is InChI=1S/C21H21FN4O3/c1-13-2-7-18(17(22)10-13)26-12-14(11-19(26)27)20(28)24-15-3-5-16(6-4-15)25-9-8-23-21(25)29/h2-7,10,14H,8-9,11-12H2,1H3,(H,23,29)(H,24,28). The van der Waals surface area contributed by atoms with Crippen molar-refractivity contribution in [2.75, 3.05) is 34.8 Å². The first-order valence-electron chi connectivity index (χ1n) is 9.45. The second kappa shape index (κ2) is 7.54. The van der Waals surface area contributed by atoms with E-state index >= 15 is 0 Å². The number of hydrogen-bond acceptors (Lipinski definition) is 3. The maximum absolute atomic E-state index is 14.2. The molecule has 0 bridgehead atoms. The summed E-state index contributed by atoms with van der Waals surface area (Å²) < 4.78 is 14.2. The predicted molar refractivity (Wildman–Crippen MR) is 107 cm³/mol. The van der Waals surface area contributed by atoms with E-state index in [9.17, 15) is 18.8 Å². The van der Waals surface area contributed by atoms with Crippen molar-refractivity contribution in [3.8, 4) is 0 Å². The van der Waals surface area contributed by atoms with Crippen LogP contribution in [0.3, 0.4) is 0 Å². The molecule has 2 N–H and O–H groups in total. The van der Waals surface area contributed by atoms with Gasteiger partial charge >= 0.3 is 6.03 Å². The third-order valence-electron chi connectivity index (χ3n) is 5.19. The van der Waals surface area contributed by atoms with E-state index in [1.807, 2.05) is 0 Å². The van der Waals surface area contributed by atoms with Crippen molar-refractivity contribution < 1.29 is 18.8 Å². The number of benzene rings is 2. The Bertz CT molecular complexity index is 976. The minimum absolute atomic E-state index is 0.0329. The number of urea groups is 1. The van der Waals surface area contributed by atoms with E-state index in [0.717, 1.165) is 11.3 Å². The molecule has 2 aromatic rings. The van der Waals surface area contributed by atoms with Gasteiger partial charge in [0, 0.05) is 37.4 Å². The molecule has 2 saturated heterocycles. The lowest BCUT2D eigenvalue weighted by molar-refractivity contribution is -0.122. The van der Waals surface area contributed by atoms with Crippen LogP contribution in [0.15, 0.2) is 42.5 Å². The molecule has 1 unspecified atom stereocenters. The maximum atomic E-state index is 14.2. The van der Waals surface area contributed by atoms with Crippen LogP contribution < -0.4 is 20.4 Å². The average molecular weight is 396 g/mol. The summed E-state index contributed by atoms with van der Waals surface area (Å²) in [6.07, 6.45) is 0.0329.